The van der Waals surface area contributed by atoms with Crippen molar-refractivity contribution < 1.29 is 29.6 Å². The normalized spacial score (nSPS) is 20.6. The number of halogens is 1. The standard InChI is InChI=1S/C38H43IN2O6/c1-5-23(17-24-18-31(39)36(44)33(19-24)47-4)11-16-32(43)34-28(22(2)3)20-29-35(30(34)21-42)38(46)41(37(29)45)27-14-12-26(13-15-27)40-25-9-7-6-8-10-25/h6-10,12-15,17-19,22,29-30,32,35,40,42-44H,5,11,16,20-21H2,1-4H3/b23-17+/t29-,30+,32-,35-/m1/s1. The molecule has 0 radical (unpaired) electrons. The van der Waals surface area contributed by atoms with Crippen LogP contribution in [0.5, 0.6) is 11.5 Å². The van der Waals surface area contributed by atoms with Crippen molar-refractivity contribution in [2.45, 2.75) is 52.6 Å². The highest BCUT2D eigenvalue weighted by atomic mass is 127. The van der Waals surface area contributed by atoms with E-state index in [0.717, 1.165) is 34.5 Å². The molecule has 1 fully saturated rings. The Morgan fingerprint density at radius 3 is 2.36 bits per heavy atom. The Labute approximate surface area is 290 Å². The molecule has 0 bridgehead atoms. The summed E-state index contributed by atoms with van der Waals surface area (Å²) in [4.78, 5) is 29.1. The quantitative estimate of drug-likeness (QED) is 0.0863. The number of carbonyl (C=O) groups is 2. The van der Waals surface area contributed by atoms with E-state index in [2.05, 4.69) is 34.8 Å². The van der Waals surface area contributed by atoms with Gasteiger partial charge in [-0.05, 0) is 114 Å². The van der Waals surface area contributed by atoms with Gasteiger partial charge in [0.2, 0.25) is 11.8 Å². The number of aliphatic hydroxyl groups is 2. The summed E-state index contributed by atoms with van der Waals surface area (Å²) in [6, 6.07) is 20.6. The molecule has 5 rings (SSSR count). The van der Waals surface area contributed by atoms with Gasteiger partial charge in [0, 0.05) is 17.3 Å². The smallest absolute Gasteiger partial charge is 0.238 e. The number of rotatable bonds is 12. The van der Waals surface area contributed by atoms with Crippen molar-refractivity contribution in [3.05, 3.63) is 92.6 Å². The molecule has 8 nitrogen and oxygen atoms in total. The summed E-state index contributed by atoms with van der Waals surface area (Å²) in [7, 11) is 1.52. The number of hydrogen-bond donors (Lipinski definition) is 4. The molecule has 0 spiro atoms. The van der Waals surface area contributed by atoms with E-state index < -0.39 is 23.9 Å². The van der Waals surface area contributed by atoms with E-state index >= 15 is 0 Å². The predicted octanol–water partition coefficient (Wildman–Crippen LogP) is 7.45. The van der Waals surface area contributed by atoms with Crippen LogP contribution in [0.2, 0.25) is 0 Å². The molecule has 9 heteroatoms. The van der Waals surface area contributed by atoms with Gasteiger partial charge in [-0.2, -0.15) is 0 Å². The lowest BCUT2D eigenvalue weighted by molar-refractivity contribution is -0.123. The first kappa shape index (κ1) is 34.7. The minimum atomic E-state index is -0.879. The Kier molecular flexibility index (Phi) is 11.1. The van der Waals surface area contributed by atoms with Crippen LogP contribution in [0, 0.1) is 27.2 Å². The number of imide groups is 1. The number of anilines is 3. The van der Waals surface area contributed by atoms with E-state index in [9.17, 15) is 24.9 Å². The number of nitrogens with zero attached hydrogens (tertiary/aromatic N) is 1. The maximum Gasteiger partial charge on any atom is 0.238 e. The summed E-state index contributed by atoms with van der Waals surface area (Å²) in [6.45, 7) is 5.79. The lowest BCUT2D eigenvalue weighted by Crippen LogP contribution is -2.39. The number of methoxy groups -OCH3 is 1. The number of benzene rings is 3. The minimum Gasteiger partial charge on any atom is -0.504 e. The summed E-state index contributed by atoms with van der Waals surface area (Å²) < 4.78 is 6.00. The fourth-order valence-corrected chi connectivity index (χ4v) is 7.60. The fraction of sp³-hybridized carbons (Fsp3) is 0.368. The molecule has 248 valence electrons. The molecule has 2 aliphatic rings. The van der Waals surface area contributed by atoms with Crippen LogP contribution in [0.3, 0.4) is 0 Å². The van der Waals surface area contributed by atoms with Crippen LogP contribution in [0.25, 0.3) is 6.08 Å². The van der Waals surface area contributed by atoms with E-state index in [4.69, 9.17) is 4.74 Å². The van der Waals surface area contributed by atoms with Crippen LogP contribution in [0.4, 0.5) is 17.1 Å². The van der Waals surface area contributed by atoms with Gasteiger partial charge in [-0.3, -0.25) is 14.5 Å². The highest BCUT2D eigenvalue weighted by Gasteiger charge is 2.55. The van der Waals surface area contributed by atoms with Crippen molar-refractivity contribution in [2.75, 3.05) is 23.9 Å². The van der Waals surface area contributed by atoms with Crippen LogP contribution in [-0.4, -0.2) is 47.0 Å². The third kappa shape index (κ3) is 7.27. The Morgan fingerprint density at radius 2 is 1.74 bits per heavy atom. The molecule has 1 heterocycles. The van der Waals surface area contributed by atoms with Gasteiger partial charge < -0.3 is 25.4 Å². The average Bonchev–Trinajstić information content (AvgIpc) is 3.32. The lowest BCUT2D eigenvalue weighted by Gasteiger charge is -2.38. The second-order valence-corrected chi connectivity index (χ2v) is 13.7. The number of para-hydroxylation sites is 1. The molecule has 2 amide bonds. The summed E-state index contributed by atoms with van der Waals surface area (Å²) in [5, 5.41) is 36.0. The van der Waals surface area contributed by atoms with E-state index in [1.165, 1.54) is 12.0 Å². The maximum atomic E-state index is 14.0. The fourth-order valence-electron chi connectivity index (χ4n) is 6.98. The van der Waals surface area contributed by atoms with E-state index in [1.807, 2.05) is 68.5 Å². The van der Waals surface area contributed by atoms with Gasteiger partial charge in [-0.1, -0.05) is 56.2 Å². The molecule has 3 aromatic rings. The van der Waals surface area contributed by atoms with Gasteiger partial charge in [0.05, 0.1) is 40.9 Å². The van der Waals surface area contributed by atoms with Crippen molar-refractivity contribution in [3.63, 3.8) is 0 Å². The molecule has 1 aliphatic heterocycles. The van der Waals surface area contributed by atoms with E-state index in [0.29, 0.717) is 39.8 Å². The van der Waals surface area contributed by atoms with Gasteiger partial charge in [0.15, 0.2) is 11.5 Å². The molecule has 0 aromatic heterocycles. The average molecular weight is 751 g/mol. The zero-order chi connectivity index (χ0) is 33.8. The first-order valence-electron chi connectivity index (χ1n) is 16.1. The van der Waals surface area contributed by atoms with Gasteiger partial charge in [0.25, 0.3) is 0 Å². The molecule has 0 unspecified atom stereocenters. The third-order valence-electron chi connectivity index (χ3n) is 9.40. The summed E-state index contributed by atoms with van der Waals surface area (Å²) in [5.41, 5.74) is 5.91. The summed E-state index contributed by atoms with van der Waals surface area (Å²) >= 11 is 2.07. The van der Waals surface area contributed by atoms with Crippen molar-refractivity contribution in [1.29, 1.82) is 0 Å². The van der Waals surface area contributed by atoms with Crippen LogP contribution in [0.15, 0.2) is 83.4 Å². The number of hydrogen-bond acceptors (Lipinski definition) is 7. The van der Waals surface area contributed by atoms with Gasteiger partial charge in [-0.15, -0.1) is 0 Å². The number of ether oxygens (including phenoxy) is 1. The molecule has 1 saturated heterocycles. The number of phenolic OH excluding ortho intramolecular Hbond substituents is 1. The van der Waals surface area contributed by atoms with Crippen LogP contribution in [-0.2, 0) is 9.59 Å². The zero-order valence-corrected chi connectivity index (χ0v) is 29.4. The number of nitrogens with one attached hydrogen (secondary N) is 1. The number of carbonyl (C=O) groups excluding carboxylic acids is 2. The van der Waals surface area contributed by atoms with Crippen molar-refractivity contribution in [2.24, 2.45) is 23.7 Å². The lowest BCUT2D eigenvalue weighted by atomic mass is 9.66. The Bertz CT molecular complexity index is 1670. The van der Waals surface area contributed by atoms with Crippen molar-refractivity contribution in [3.8, 4) is 11.5 Å². The van der Waals surface area contributed by atoms with E-state index in [-0.39, 0.29) is 30.1 Å². The molecular formula is C38H43IN2O6. The van der Waals surface area contributed by atoms with Gasteiger partial charge >= 0.3 is 0 Å². The van der Waals surface area contributed by atoms with Crippen molar-refractivity contribution >= 4 is 57.5 Å². The Hall–Kier alpha value is -3.67. The maximum absolute atomic E-state index is 14.0. The SMILES string of the molecule is CC/C(=C\c1cc(I)c(O)c(OC)c1)CC[C@@H](O)C1=C(C(C)C)C[C@H]2C(=O)N(c3ccc(Nc4ccccc4)cc3)C(=O)[C@H]2[C@H]1CO. The number of aromatic hydroxyl groups is 1. The number of phenols is 1. The molecular weight excluding hydrogens is 707 g/mol. The minimum absolute atomic E-state index is 0.0303. The first-order valence-corrected chi connectivity index (χ1v) is 17.2. The third-order valence-corrected chi connectivity index (χ3v) is 10.2. The Balaban J connectivity index is 1.36. The monoisotopic (exact) mass is 750 g/mol. The van der Waals surface area contributed by atoms with Gasteiger partial charge in [0.1, 0.15) is 0 Å². The summed E-state index contributed by atoms with van der Waals surface area (Å²) in [5.74, 6) is -2.04. The molecule has 0 saturated carbocycles. The zero-order valence-electron chi connectivity index (χ0n) is 27.2. The molecule has 4 N–H and O–H groups in total. The number of allylic oxidation sites excluding steroid dienone is 2. The highest BCUT2D eigenvalue weighted by molar-refractivity contribution is 14.1. The molecule has 3 aromatic carbocycles. The predicted molar refractivity (Wildman–Crippen MR) is 194 cm³/mol. The number of fused-ring (bicyclic) bond motifs is 1. The summed E-state index contributed by atoms with van der Waals surface area (Å²) in [6.07, 6.45) is 3.32. The second-order valence-electron chi connectivity index (χ2n) is 12.6. The largest absolute Gasteiger partial charge is 0.504 e. The molecule has 1 aliphatic carbocycles. The van der Waals surface area contributed by atoms with Crippen molar-refractivity contribution in [1.82, 2.24) is 0 Å². The van der Waals surface area contributed by atoms with Crippen LogP contribution >= 0.6 is 22.6 Å². The number of aliphatic hydroxyl groups excluding tert-OH is 2. The first-order chi connectivity index (χ1) is 22.6. The number of amides is 2. The van der Waals surface area contributed by atoms with Crippen LogP contribution in [0.1, 0.15) is 52.0 Å². The molecule has 47 heavy (non-hydrogen) atoms. The molecule has 4 atom stereocenters. The topological polar surface area (TPSA) is 119 Å². The Morgan fingerprint density at radius 1 is 1.06 bits per heavy atom. The van der Waals surface area contributed by atoms with Crippen LogP contribution < -0.4 is 15.0 Å². The second kappa shape index (κ2) is 15.0. The van der Waals surface area contributed by atoms with E-state index in [1.54, 1.807) is 18.2 Å². The highest BCUT2D eigenvalue weighted by Crippen LogP contribution is 2.49. The van der Waals surface area contributed by atoms with Gasteiger partial charge in [-0.25, -0.2) is 0 Å².